The molecule has 0 aliphatic carbocycles. The van der Waals surface area contributed by atoms with Crippen molar-refractivity contribution in [2.24, 2.45) is 5.73 Å². The van der Waals surface area contributed by atoms with E-state index in [9.17, 15) is 32.3 Å². The Morgan fingerprint density at radius 2 is 1.86 bits per heavy atom. The number of hydrogen-bond acceptors (Lipinski definition) is 7. The van der Waals surface area contributed by atoms with Crippen LogP contribution in [-0.4, -0.2) is 51.9 Å². The van der Waals surface area contributed by atoms with Crippen LogP contribution in [0.25, 0.3) is 22.2 Å². The number of methoxy groups -OCH3 is 1. The number of ether oxygens (including phenoxy) is 2. The average molecular weight is 702 g/mol. The molecule has 10 nitrogen and oxygen atoms in total. The van der Waals surface area contributed by atoms with Gasteiger partial charge in [-0.15, -0.1) is 0 Å². The summed E-state index contributed by atoms with van der Waals surface area (Å²) in [4.78, 5) is 30.7. The zero-order chi connectivity index (χ0) is 35.4. The molecule has 0 saturated heterocycles. The maximum atomic E-state index is 15.3. The Bertz CT molecular complexity index is 2150. The highest BCUT2D eigenvalue weighted by Crippen LogP contribution is 2.47. The Morgan fingerprint density at radius 1 is 1.14 bits per heavy atom. The van der Waals surface area contributed by atoms with E-state index < -0.39 is 58.4 Å². The summed E-state index contributed by atoms with van der Waals surface area (Å²) < 4.78 is 81.5. The van der Waals surface area contributed by atoms with Gasteiger partial charge in [0, 0.05) is 34.3 Å². The summed E-state index contributed by atoms with van der Waals surface area (Å²) in [5, 5.41) is 18.5. The molecule has 4 N–H and O–H groups in total. The molecule has 0 bridgehead atoms. The molecule has 49 heavy (non-hydrogen) atoms. The number of rotatable bonds is 9. The van der Waals surface area contributed by atoms with Crippen molar-refractivity contribution in [3.8, 4) is 22.8 Å². The standard InChI is InChI=1S/C33H25ClF5N5O5/c1-32(30(40)46)14-49-28-20(32)10-25(42-27(28)19-9-21(34)23(37)11-22(19)36)33(47,17-3-5-18(35)6-4-17)13-41-29(45)15-7-16-12-44(31(38)39)43-26(16)24(8-15)48-2/h3-12,31,47H,13-14H2,1-2H3,(H2,40,46)(H,41,45)/t32-,33+/m0/s1. The number of alkyl halides is 2. The van der Waals surface area contributed by atoms with Gasteiger partial charge in [0.1, 0.15) is 57.8 Å². The Morgan fingerprint density at radius 3 is 2.51 bits per heavy atom. The molecule has 2 amide bonds. The van der Waals surface area contributed by atoms with Gasteiger partial charge in [0.15, 0.2) is 0 Å². The summed E-state index contributed by atoms with van der Waals surface area (Å²) in [5.74, 6) is -4.49. The van der Waals surface area contributed by atoms with E-state index in [4.69, 9.17) is 26.8 Å². The van der Waals surface area contributed by atoms with Crippen LogP contribution in [0.15, 0.2) is 60.8 Å². The second-order valence-corrected chi connectivity index (χ2v) is 11.9. The van der Waals surface area contributed by atoms with Gasteiger partial charge < -0.3 is 25.6 Å². The van der Waals surface area contributed by atoms with Crippen LogP contribution < -0.4 is 20.5 Å². The molecule has 0 unspecified atom stereocenters. The van der Waals surface area contributed by atoms with Gasteiger partial charge in [-0.3, -0.25) is 9.59 Å². The van der Waals surface area contributed by atoms with E-state index in [1.807, 2.05) is 0 Å². The third-order valence-electron chi connectivity index (χ3n) is 8.41. The van der Waals surface area contributed by atoms with Gasteiger partial charge in [-0.05, 0) is 48.9 Å². The predicted molar refractivity (Wildman–Crippen MR) is 166 cm³/mol. The molecule has 0 saturated carbocycles. The van der Waals surface area contributed by atoms with Crippen LogP contribution in [0, 0.1) is 17.5 Å². The Kier molecular flexibility index (Phi) is 8.44. The van der Waals surface area contributed by atoms with Gasteiger partial charge in [0.2, 0.25) is 5.91 Å². The third-order valence-corrected chi connectivity index (χ3v) is 8.69. The zero-order valence-electron chi connectivity index (χ0n) is 25.5. The lowest BCUT2D eigenvalue weighted by atomic mass is 9.80. The van der Waals surface area contributed by atoms with Gasteiger partial charge in [0.05, 0.1) is 24.4 Å². The highest BCUT2D eigenvalue weighted by atomic mass is 35.5. The lowest BCUT2D eigenvalue weighted by Gasteiger charge is -2.30. The maximum absolute atomic E-state index is 15.3. The van der Waals surface area contributed by atoms with Gasteiger partial charge in [-0.2, -0.15) is 13.9 Å². The van der Waals surface area contributed by atoms with Crippen molar-refractivity contribution in [3.63, 3.8) is 0 Å². The first-order chi connectivity index (χ1) is 23.2. The molecule has 254 valence electrons. The van der Waals surface area contributed by atoms with Crippen molar-refractivity contribution in [2.45, 2.75) is 24.5 Å². The van der Waals surface area contributed by atoms with Crippen LogP contribution in [0.5, 0.6) is 11.5 Å². The summed E-state index contributed by atoms with van der Waals surface area (Å²) in [6.45, 7) is -2.43. The summed E-state index contributed by atoms with van der Waals surface area (Å²) in [5.41, 5.74) is 1.16. The van der Waals surface area contributed by atoms with Gasteiger partial charge in [0.25, 0.3) is 5.91 Å². The Balaban J connectivity index is 1.49. The molecule has 0 radical (unpaired) electrons. The summed E-state index contributed by atoms with van der Waals surface area (Å²) in [6, 6.07) is 9.88. The zero-order valence-corrected chi connectivity index (χ0v) is 26.3. The van der Waals surface area contributed by atoms with Crippen LogP contribution >= 0.6 is 11.6 Å². The number of nitrogens with zero attached hydrogens (tertiary/aromatic N) is 3. The number of aromatic nitrogens is 3. The predicted octanol–water partition coefficient (Wildman–Crippen LogP) is 5.37. The number of fused-ring (bicyclic) bond motifs is 2. The molecule has 3 heterocycles. The first-order valence-corrected chi connectivity index (χ1v) is 14.8. The summed E-state index contributed by atoms with van der Waals surface area (Å²) in [7, 11) is 1.27. The summed E-state index contributed by atoms with van der Waals surface area (Å²) >= 11 is 5.98. The van der Waals surface area contributed by atoms with Crippen LogP contribution in [-0.2, 0) is 15.8 Å². The molecule has 3 aromatic carbocycles. The van der Waals surface area contributed by atoms with Crippen LogP contribution in [0.3, 0.4) is 0 Å². The molecule has 5 aromatic rings. The molecule has 0 fully saturated rings. The lowest BCUT2D eigenvalue weighted by molar-refractivity contribution is -0.123. The van der Waals surface area contributed by atoms with Gasteiger partial charge in [-0.1, -0.05) is 23.7 Å². The van der Waals surface area contributed by atoms with Crippen molar-refractivity contribution in [1.82, 2.24) is 20.1 Å². The van der Waals surface area contributed by atoms with Gasteiger partial charge >= 0.3 is 6.55 Å². The first kappa shape index (κ1) is 33.6. The van der Waals surface area contributed by atoms with E-state index in [2.05, 4.69) is 15.4 Å². The molecular formula is C33H25ClF5N5O5. The highest BCUT2D eigenvalue weighted by Gasteiger charge is 2.46. The van der Waals surface area contributed by atoms with E-state index in [0.717, 1.165) is 24.4 Å². The van der Waals surface area contributed by atoms with E-state index in [1.54, 1.807) is 0 Å². The van der Waals surface area contributed by atoms with Crippen molar-refractivity contribution in [1.29, 1.82) is 0 Å². The number of hydrogen-bond donors (Lipinski definition) is 3. The fraction of sp³-hybridized carbons (Fsp3) is 0.212. The SMILES string of the molecule is COc1cc(C(=O)NC[C@@](O)(c2ccc(F)cc2)c2cc3c(c(-c4cc(Cl)c(F)cc4F)n2)OC[C@]3(C)C(N)=O)cc2cn(C(F)F)nc12. The number of aliphatic hydroxyl groups is 1. The number of nitrogens with one attached hydrogen (secondary N) is 1. The fourth-order valence-electron chi connectivity index (χ4n) is 5.57. The normalized spacial score (nSPS) is 16.7. The maximum Gasteiger partial charge on any atom is 0.333 e. The molecule has 2 atom stereocenters. The minimum atomic E-state index is -2.95. The molecule has 0 spiro atoms. The van der Waals surface area contributed by atoms with Crippen LogP contribution in [0.1, 0.15) is 40.7 Å². The smallest absolute Gasteiger partial charge is 0.333 e. The fourth-order valence-corrected chi connectivity index (χ4v) is 5.73. The number of nitrogens with two attached hydrogens (primary N) is 1. The van der Waals surface area contributed by atoms with Crippen molar-refractivity contribution in [2.75, 3.05) is 20.3 Å². The minimum absolute atomic E-state index is 0.0103. The second kappa shape index (κ2) is 12.3. The molecule has 2 aromatic heterocycles. The molecule has 1 aliphatic rings. The number of pyridine rings is 1. The van der Waals surface area contributed by atoms with Crippen LogP contribution in [0.4, 0.5) is 22.0 Å². The summed E-state index contributed by atoms with van der Waals surface area (Å²) in [6.07, 6.45) is 1.03. The Labute approximate surface area is 279 Å². The van der Waals surface area contributed by atoms with Crippen molar-refractivity contribution >= 4 is 34.3 Å². The highest BCUT2D eigenvalue weighted by molar-refractivity contribution is 6.31. The number of benzene rings is 3. The second-order valence-electron chi connectivity index (χ2n) is 11.5. The van der Waals surface area contributed by atoms with E-state index in [0.29, 0.717) is 10.7 Å². The average Bonchev–Trinajstić information content (AvgIpc) is 3.67. The quantitative estimate of drug-likeness (QED) is 0.139. The first-order valence-electron chi connectivity index (χ1n) is 14.4. The monoisotopic (exact) mass is 701 g/mol. The molecular weight excluding hydrogens is 677 g/mol. The minimum Gasteiger partial charge on any atom is -0.494 e. The van der Waals surface area contributed by atoms with E-state index in [1.165, 1.54) is 44.4 Å². The number of carbonyl (C=O) groups is 2. The number of amides is 2. The number of halogens is 6. The van der Waals surface area contributed by atoms with E-state index >= 15 is 4.39 Å². The number of primary amides is 1. The van der Waals surface area contributed by atoms with E-state index in [-0.39, 0.29) is 62.7 Å². The van der Waals surface area contributed by atoms with Gasteiger partial charge in [-0.25, -0.2) is 22.8 Å². The third kappa shape index (κ3) is 5.78. The number of carbonyl (C=O) groups excluding carboxylic acids is 2. The lowest BCUT2D eigenvalue weighted by Crippen LogP contribution is -2.43. The molecule has 16 heteroatoms. The molecule has 1 aliphatic heterocycles. The molecule has 6 rings (SSSR count). The largest absolute Gasteiger partial charge is 0.494 e. The van der Waals surface area contributed by atoms with Crippen LogP contribution in [0.2, 0.25) is 5.02 Å². The Hall–Kier alpha value is -5.28. The van der Waals surface area contributed by atoms with Crippen molar-refractivity contribution in [3.05, 3.63) is 106 Å². The topological polar surface area (TPSA) is 142 Å². The van der Waals surface area contributed by atoms with Crippen molar-refractivity contribution < 1.29 is 46.1 Å².